The van der Waals surface area contributed by atoms with E-state index in [2.05, 4.69) is 45.0 Å². The first kappa shape index (κ1) is 21.4. The zero-order valence-electron chi connectivity index (χ0n) is 16.5. The molecule has 0 aliphatic carbocycles. The third kappa shape index (κ3) is 8.18. The minimum Gasteiger partial charge on any atom is -0.374 e. The smallest absolute Gasteiger partial charge is 0.246 e. The lowest BCUT2D eigenvalue weighted by Crippen LogP contribution is -2.38. The van der Waals surface area contributed by atoms with Crippen LogP contribution in [0.3, 0.4) is 0 Å². The summed E-state index contributed by atoms with van der Waals surface area (Å²) in [5.41, 5.74) is 1.83. The quantitative estimate of drug-likeness (QED) is 0.334. The number of pyridine rings is 1. The normalized spacial score (nSPS) is 12.3. The number of amides is 1. The van der Waals surface area contributed by atoms with Gasteiger partial charge in [-0.3, -0.25) is 9.78 Å². The lowest BCUT2D eigenvalue weighted by Gasteiger charge is -2.14. The predicted molar refractivity (Wildman–Crippen MR) is 112 cm³/mol. The van der Waals surface area contributed by atoms with Crippen LogP contribution in [0.5, 0.6) is 0 Å². The molecule has 0 fully saturated rings. The number of anilines is 1. The molecule has 1 aromatic heterocycles. The van der Waals surface area contributed by atoms with E-state index in [9.17, 15) is 4.79 Å². The fraction of sp³-hybridized carbons (Fsp3) is 0.381. The van der Waals surface area contributed by atoms with Gasteiger partial charge in [-0.1, -0.05) is 30.3 Å². The topological polar surface area (TPSA) is 87.6 Å². The van der Waals surface area contributed by atoms with Crippen LogP contribution in [-0.2, 0) is 9.53 Å². The molecule has 0 aliphatic heterocycles. The fourth-order valence-corrected chi connectivity index (χ4v) is 2.49. The third-order valence-electron chi connectivity index (χ3n) is 3.92. The summed E-state index contributed by atoms with van der Waals surface area (Å²) in [5, 5.41) is 9.11. The summed E-state index contributed by atoms with van der Waals surface area (Å²) >= 11 is 0. The summed E-state index contributed by atoms with van der Waals surface area (Å²) in [5.74, 6) is 0.421. The highest BCUT2D eigenvalue weighted by atomic mass is 16.5. The molecule has 150 valence electrons. The van der Waals surface area contributed by atoms with Crippen LogP contribution < -0.4 is 16.0 Å². The Morgan fingerprint density at radius 1 is 1.18 bits per heavy atom. The standard InChI is InChI=1S/C21H29N5O2/c1-3-23-21(25-16-20(27)26-19-11-7-12-22-15-19)24-13-8-14-28-17(2)18-9-5-4-6-10-18/h4-7,9-12,15,17H,3,8,13-14,16H2,1-2H3,(H,26,27)(H2,23,24,25). The van der Waals surface area contributed by atoms with Crippen molar-refractivity contribution in [1.82, 2.24) is 15.6 Å². The molecule has 0 saturated carbocycles. The SMILES string of the molecule is CCNC(=NCC(=O)Nc1cccnc1)NCCCOC(C)c1ccccc1. The zero-order chi connectivity index (χ0) is 20.0. The average molecular weight is 383 g/mol. The molecule has 1 aromatic carbocycles. The van der Waals surface area contributed by atoms with Gasteiger partial charge in [-0.15, -0.1) is 0 Å². The Morgan fingerprint density at radius 2 is 2.00 bits per heavy atom. The molecule has 3 N–H and O–H groups in total. The van der Waals surface area contributed by atoms with E-state index < -0.39 is 0 Å². The number of nitrogens with zero attached hydrogens (tertiary/aromatic N) is 2. The molecule has 28 heavy (non-hydrogen) atoms. The van der Waals surface area contributed by atoms with Crippen LogP contribution in [0.15, 0.2) is 59.9 Å². The highest BCUT2D eigenvalue weighted by molar-refractivity contribution is 5.93. The van der Waals surface area contributed by atoms with Gasteiger partial charge in [0.05, 0.1) is 18.0 Å². The second kappa shape index (κ2) is 12.5. The minimum atomic E-state index is -0.190. The molecule has 0 saturated heterocycles. The molecule has 0 bridgehead atoms. The number of carbonyl (C=O) groups excluding carboxylic acids is 1. The van der Waals surface area contributed by atoms with Crippen LogP contribution in [0.25, 0.3) is 0 Å². The van der Waals surface area contributed by atoms with Crippen LogP contribution in [0.4, 0.5) is 5.69 Å². The van der Waals surface area contributed by atoms with Crippen molar-refractivity contribution in [2.45, 2.75) is 26.4 Å². The number of ether oxygens (including phenoxy) is 1. The summed E-state index contributed by atoms with van der Waals surface area (Å²) in [6, 6.07) is 13.7. The molecule has 7 nitrogen and oxygen atoms in total. The molecule has 7 heteroatoms. The van der Waals surface area contributed by atoms with Gasteiger partial charge in [0.15, 0.2) is 5.96 Å². The highest BCUT2D eigenvalue weighted by Gasteiger charge is 2.05. The van der Waals surface area contributed by atoms with E-state index in [4.69, 9.17) is 4.74 Å². The first-order chi connectivity index (χ1) is 13.7. The van der Waals surface area contributed by atoms with Crippen molar-refractivity contribution >= 4 is 17.6 Å². The molecule has 2 aromatic rings. The van der Waals surface area contributed by atoms with E-state index in [0.29, 0.717) is 24.8 Å². The number of aromatic nitrogens is 1. The number of guanidine groups is 1. The Labute approximate surface area is 166 Å². The van der Waals surface area contributed by atoms with Crippen molar-refractivity contribution in [3.63, 3.8) is 0 Å². The molecule has 1 atom stereocenters. The monoisotopic (exact) mass is 383 g/mol. The molecule has 0 aliphatic rings. The minimum absolute atomic E-state index is 0.0335. The number of rotatable bonds is 10. The van der Waals surface area contributed by atoms with E-state index in [1.807, 2.05) is 25.1 Å². The lowest BCUT2D eigenvalue weighted by molar-refractivity contribution is -0.114. The maximum Gasteiger partial charge on any atom is 0.246 e. The second-order valence-corrected chi connectivity index (χ2v) is 6.19. The molecular weight excluding hydrogens is 354 g/mol. The fourth-order valence-electron chi connectivity index (χ4n) is 2.49. The first-order valence-electron chi connectivity index (χ1n) is 9.57. The first-order valence-corrected chi connectivity index (χ1v) is 9.57. The van der Waals surface area contributed by atoms with Crippen molar-refractivity contribution in [3.05, 3.63) is 60.4 Å². The van der Waals surface area contributed by atoms with Crippen LogP contribution in [0, 0.1) is 0 Å². The predicted octanol–water partition coefficient (Wildman–Crippen LogP) is 2.74. The summed E-state index contributed by atoms with van der Waals surface area (Å²) < 4.78 is 5.86. The number of benzene rings is 1. The highest BCUT2D eigenvalue weighted by Crippen LogP contribution is 2.15. The van der Waals surface area contributed by atoms with Crippen LogP contribution in [0.1, 0.15) is 31.9 Å². The lowest BCUT2D eigenvalue weighted by atomic mass is 10.1. The number of hydrogen-bond donors (Lipinski definition) is 3. The molecule has 1 unspecified atom stereocenters. The van der Waals surface area contributed by atoms with Gasteiger partial charge < -0.3 is 20.7 Å². The summed E-state index contributed by atoms with van der Waals surface area (Å²) in [6.07, 6.45) is 4.16. The van der Waals surface area contributed by atoms with Gasteiger partial charge in [-0.05, 0) is 38.0 Å². The summed E-state index contributed by atoms with van der Waals surface area (Å²) in [4.78, 5) is 20.3. The largest absolute Gasteiger partial charge is 0.374 e. The van der Waals surface area contributed by atoms with Crippen molar-refractivity contribution in [2.75, 3.05) is 31.6 Å². The Kier molecular flexibility index (Phi) is 9.51. The molecule has 0 radical (unpaired) electrons. The zero-order valence-corrected chi connectivity index (χ0v) is 16.5. The van der Waals surface area contributed by atoms with Gasteiger partial charge in [0.1, 0.15) is 6.54 Å². The number of nitrogens with one attached hydrogen (secondary N) is 3. The van der Waals surface area contributed by atoms with Crippen molar-refractivity contribution < 1.29 is 9.53 Å². The molecular formula is C21H29N5O2. The second-order valence-electron chi connectivity index (χ2n) is 6.19. The van der Waals surface area contributed by atoms with Crippen LogP contribution in [-0.4, -0.2) is 43.1 Å². The summed E-state index contributed by atoms with van der Waals surface area (Å²) in [7, 11) is 0. The molecule has 1 heterocycles. The number of aliphatic imine (C=N–C) groups is 1. The van der Waals surface area contributed by atoms with Crippen molar-refractivity contribution in [3.8, 4) is 0 Å². The van der Waals surface area contributed by atoms with Crippen LogP contribution in [0.2, 0.25) is 0 Å². The van der Waals surface area contributed by atoms with Crippen molar-refractivity contribution in [2.24, 2.45) is 4.99 Å². The van der Waals surface area contributed by atoms with Gasteiger partial charge in [0, 0.05) is 25.9 Å². The Bertz CT molecular complexity index is 722. The van der Waals surface area contributed by atoms with Crippen LogP contribution >= 0.6 is 0 Å². The van der Waals surface area contributed by atoms with E-state index in [0.717, 1.165) is 13.0 Å². The maximum absolute atomic E-state index is 12.0. The van der Waals surface area contributed by atoms with Gasteiger partial charge in [0.2, 0.25) is 5.91 Å². The number of hydrogen-bond acceptors (Lipinski definition) is 4. The number of carbonyl (C=O) groups is 1. The van der Waals surface area contributed by atoms with E-state index in [1.165, 1.54) is 5.56 Å². The van der Waals surface area contributed by atoms with Gasteiger partial charge >= 0.3 is 0 Å². The van der Waals surface area contributed by atoms with Gasteiger partial charge in [0.25, 0.3) is 0 Å². The maximum atomic E-state index is 12.0. The Hall–Kier alpha value is -2.93. The Balaban J connectivity index is 1.68. The van der Waals surface area contributed by atoms with Gasteiger partial charge in [-0.25, -0.2) is 4.99 Å². The molecule has 0 spiro atoms. The summed E-state index contributed by atoms with van der Waals surface area (Å²) in [6.45, 7) is 6.14. The van der Waals surface area contributed by atoms with E-state index in [-0.39, 0.29) is 18.6 Å². The van der Waals surface area contributed by atoms with E-state index >= 15 is 0 Å². The third-order valence-corrected chi connectivity index (χ3v) is 3.92. The van der Waals surface area contributed by atoms with Gasteiger partial charge in [-0.2, -0.15) is 0 Å². The van der Waals surface area contributed by atoms with Crippen molar-refractivity contribution in [1.29, 1.82) is 0 Å². The molecule has 1 amide bonds. The molecule has 2 rings (SSSR count). The van der Waals surface area contributed by atoms with E-state index in [1.54, 1.807) is 24.5 Å². The Morgan fingerprint density at radius 3 is 2.71 bits per heavy atom. The average Bonchev–Trinajstić information content (AvgIpc) is 2.73.